The molecule has 1 saturated heterocycles. The van der Waals surface area contributed by atoms with Crippen molar-refractivity contribution >= 4 is 17.7 Å². The number of benzene rings is 2. The second kappa shape index (κ2) is 9.84. The fourth-order valence-corrected chi connectivity index (χ4v) is 4.44. The second-order valence-electron chi connectivity index (χ2n) is 7.14. The van der Waals surface area contributed by atoms with Crippen molar-refractivity contribution in [3.63, 3.8) is 0 Å². The predicted octanol–water partition coefficient (Wildman–Crippen LogP) is 2.28. The molecule has 1 fully saturated rings. The van der Waals surface area contributed by atoms with Crippen LogP contribution in [0.3, 0.4) is 0 Å². The van der Waals surface area contributed by atoms with E-state index >= 15 is 0 Å². The number of hydrogen-bond acceptors (Lipinski definition) is 7. The summed E-state index contributed by atoms with van der Waals surface area (Å²) in [6, 6.07) is 17.4. The Kier molecular flexibility index (Phi) is 6.73. The number of thioether (sulfide) groups is 1. The van der Waals surface area contributed by atoms with Crippen molar-refractivity contribution in [2.75, 3.05) is 39.3 Å². The van der Waals surface area contributed by atoms with Gasteiger partial charge in [-0.2, -0.15) is 0 Å². The van der Waals surface area contributed by atoms with Gasteiger partial charge in [0, 0.05) is 19.5 Å². The van der Waals surface area contributed by atoms with E-state index in [1.807, 2.05) is 59.5 Å². The molecule has 4 rings (SSSR count). The summed E-state index contributed by atoms with van der Waals surface area (Å²) in [5, 5.41) is 8.57. The molecule has 8 nitrogen and oxygen atoms in total. The first-order chi connectivity index (χ1) is 15.2. The molecule has 0 unspecified atom stereocenters. The fourth-order valence-electron chi connectivity index (χ4n) is 3.38. The van der Waals surface area contributed by atoms with Crippen LogP contribution in [0.15, 0.2) is 59.8 Å². The Morgan fingerprint density at radius 1 is 1.13 bits per heavy atom. The van der Waals surface area contributed by atoms with Crippen molar-refractivity contribution in [3.05, 3.63) is 71.5 Å². The van der Waals surface area contributed by atoms with Gasteiger partial charge in [-0.05, 0) is 23.3 Å². The number of methoxy groups -OCH3 is 1. The summed E-state index contributed by atoms with van der Waals surface area (Å²) in [4.78, 5) is 15.1. The predicted molar refractivity (Wildman–Crippen MR) is 118 cm³/mol. The number of morpholine rings is 1. The Morgan fingerprint density at radius 2 is 1.84 bits per heavy atom. The van der Waals surface area contributed by atoms with Gasteiger partial charge in [-0.15, -0.1) is 10.2 Å². The van der Waals surface area contributed by atoms with E-state index in [1.54, 1.807) is 7.11 Å². The molecule has 0 saturated carbocycles. The minimum Gasteiger partial charge on any atom is -0.497 e. The second-order valence-corrected chi connectivity index (χ2v) is 8.21. The summed E-state index contributed by atoms with van der Waals surface area (Å²) in [7, 11) is 1.64. The highest BCUT2D eigenvalue weighted by Gasteiger charge is 2.30. The van der Waals surface area contributed by atoms with Gasteiger partial charge < -0.3 is 20.2 Å². The van der Waals surface area contributed by atoms with Gasteiger partial charge in [0.2, 0.25) is 11.1 Å². The molecular weight excluding hydrogens is 414 g/mol. The Bertz CT molecular complexity index is 1000. The molecule has 1 atom stereocenters. The third kappa shape index (κ3) is 5.00. The minimum absolute atomic E-state index is 0.0270. The molecule has 31 heavy (non-hydrogen) atoms. The molecule has 0 radical (unpaired) electrons. The maximum atomic E-state index is 13.3. The van der Waals surface area contributed by atoms with E-state index in [0.717, 1.165) is 16.9 Å². The van der Waals surface area contributed by atoms with Gasteiger partial charge in [0.1, 0.15) is 11.0 Å². The SMILES string of the molecule is COc1ccc(Cc2nnc(S[C@@H](C(=O)N3CCOCC3)c3ccccc3)n2N)cc1. The van der Waals surface area contributed by atoms with E-state index in [0.29, 0.717) is 43.7 Å². The van der Waals surface area contributed by atoms with Crippen molar-refractivity contribution in [3.8, 4) is 5.75 Å². The van der Waals surface area contributed by atoms with Crippen LogP contribution in [-0.2, 0) is 16.0 Å². The number of carbonyl (C=O) groups excluding carboxylic acids is 1. The van der Waals surface area contributed by atoms with Crippen LogP contribution < -0.4 is 10.6 Å². The van der Waals surface area contributed by atoms with Crippen LogP contribution in [0.2, 0.25) is 0 Å². The van der Waals surface area contributed by atoms with Crippen LogP contribution in [0, 0.1) is 0 Å². The maximum absolute atomic E-state index is 13.3. The lowest BCUT2D eigenvalue weighted by molar-refractivity contribution is -0.134. The number of amides is 1. The van der Waals surface area contributed by atoms with Crippen molar-refractivity contribution in [2.24, 2.45) is 0 Å². The van der Waals surface area contributed by atoms with E-state index in [-0.39, 0.29) is 5.91 Å². The monoisotopic (exact) mass is 439 g/mol. The third-order valence-corrected chi connectivity index (χ3v) is 6.33. The summed E-state index contributed by atoms with van der Waals surface area (Å²) in [6.07, 6.45) is 0.529. The topological polar surface area (TPSA) is 95.5 Å². The number of aromatic nitrogens is 3. The molecule has 0 aliphatic carbocycles. The largest absolute Gasteiger partial charge is 0.497 e. The first-order valence-corrected chi connectivity index (χ1v) is 10.9. The molecule has 2 heterocycles. The summed E-state index contributed by atoms with van der Waals surface area (Å²) in [5.41, 5.74) is 1.95. The Labute approximate surface area is 185 Å². The lowest BCUT2D eigenvalue weighted by Gasteiger charge is -2.30. The van der Waals surface area contributed by atoms with Crippen LogP contribution >= 0.6 is 11.8 Å². The van der Waals surface area contributed by atoms with Gasteiger partial charge in [0.25, 0.3) is 0 Å². The summed E-state index contributed by atoms with van der Waals surface area (Å²) in [6.45, 7) is 2.27. The summed E-state index contributed by atoms with van der Waals surface area (Å²) < 4.78 is 12.1. The van der Waals surface area contributed by atoms with Gasteiger partial charge in [-0.25, -0.2) is 4.68 Å². The number of ether oxygens (including phenoxy) is 2. The summed E-state index contributed by atoms with van der Waals surface area (Å²) >= 11 is 1.32. The standard InChI is InChI=1S/C22H25N5O3S/c1-29-18-9-7-16(8-10-18)15-19-24-25-22(27(19)23)31-20(17-5-3-2-4-6-17)21(28)26-11-13-30-14-12-26/h2-10,20H,11-15,23H2,1H3/t20-/m1/s1. The van der Waals surface area contributed by atoms with Crippen LogP contribution in [0.1, 0.15) is 22.2 Å². The van der Waals surface area contributed by atoms with Gasteiger partial charge in [0.05, 0.1) is 20.3 Å². The highest BCUT2D eigenvalue weighted by Crippen LogP contribution is 2.36. The molecule has 2 N–H and O–H groups in total. The zero-order valence-electron chi connectivity index (χ0n) is 17.3. The molecule has 162 valence electrons. The van der Waals surface area contributed by atoms with Crippen LogP contribution in [-0.4, -0.2) is 59.1 Å². The number of nitrogens with two attached hydrogens (primary N) is 1. The van der Waals surface area contributed by atoms with Crippen LogP contribution in [0.25, 0.3) is 0 Å². The highest BCUT2D eigenvalue weighted by molar-refractivity contribution is 8.00. The molecule has 1 aliphatic heterocycles. The fraction of sp³-hybridized carbons (Fsp3) is 0.318. The molecule has 1 amide bonds. The lowest BCUT2D eigenvalue weighted by atomic mass is 10.1. The molecule has 0 bridgehead atoms. The van der Waals surface area contributed by atoms with E-state index in [9.17, 15) is 4.79 Å². The van der Waals surface area contributed by atoms with Gasteiger partial charge >= 0.3 is 0 Å². The zero-order chi connectivity index (χ0) is 21.6. The van der Waals surface area contributed by atoms with E-state index in [1.165, 1.54) is 16.4 Å². The quantitative estimate of drug-likeness (QED) is 0.446. The molecule has 9 heteroatoms. The van der Waals surface area contributed by atoms with Crippen molar-refractivity contribution in [1.29, 1.82) is 0 Å². The number of carbonyl (C=O) groups is 1. The lowest BCUT2D eigenvalue weighted by Crippen LogP contribution is -2.42. The molecule has 3 aromatic rings. The van der Waals surface area contributed by atoms with E-state index in [2.05, 4.69) is 10.2 Å². The van der Waals surface area contributed by atoms with Gasteiger partial charge in [-0.3, -0.25) is 4.79 Å². The molecular formula is C22H25N5O3S. The molecule has 0 spiro atoms. The zero-order valence-corrected chi connectivity index (χ0v) is 18.1. The van der Waals surface area contributed by atoms with E-state index in [4.69, 9.17) is 15.3 Å². The number of nitrogen functional groups attached to an aromatic ring is 1. The molecule has 2 aromatic carbocycles. The normalized spacial score (nSPS) is 14.9. The Morgan fingerprint density at radius 3 is 2.52 bits per heavy atom. The first kappa shape index (κ1) is 21.2. The number of hydrogen-bond donors (Lipinski definition) is 1. The average molecular weight is 440 g/mol. The van der Waals surface area contributed by atoms with Crippen LogP contribution in [0.5, 0.6) is 5.75 Å². The van der Waals surface area contributed by atoms with Crippen molar-refractivity contribution in [2.45, 2.75) is 16.8 Å². The minimum atomic E-state index is -0.459. The van der Waals surface area contributed by atoms with Crippen molar-refractivity contribution in [1.82, 2.24) is 19.8 Å². The summed E-state index contributed by atoms with van der Waals surface area (Å²) in [5.74, 6) is 7.76. The Balaban J connectivity index is 1.54. The first-order valence-electron chi connectivity index (χ1n) is 10.1. The number of rotatable bonds is 7. The third-order valence-electron chi connectivity index (χ3n) is 5.13. The van der Waals surface area contributed by atoms with Crippen LogP contribution in [0.4, 0.5) is 0 Å². The molecule has 1 aromatic heterocycles. The van der Waals surface area contributed by atoms with Gasteiger partial charge in [-0.1, -0.05) is 54.2 Å². The smallest absolute Gasteiger partial charge is 0.240 e. The average Bonchev–Trinajstić information content (AvgIpc) is 3.17. The Hall–Kier alpha value is -3.04. The number of nitrogens with zero attached hydrogens (tertiary/aromatic N) is 4. The highest BCUT2D eigenvalue weighted by atomic mass is 32.2. The van der Waals surface area contributed by atoms with Gasteiger partial charge in [0.15, 0.2) is 5.82 Å². The maximum Gasteiger partial charge on any atom is 0.240 e. The molecule has 1 aliphatic rings. The van der Waals surface area contributed by atoms with Crippen molar-refractivity contribution < 1.29 is 14.3 Å². The van der Waals surface area contributed by atoms with E-state index < -0.39 is 5.25 Å².